The first-order valence-electron chi connectivity index (χ1n) is 5.95. The van der Waals surface area contributed by atoms with Gasteiger partial charge in [0, 0.05) is 25.2 Å². The van der Waals surface area contributed by atoms with Crippen molar-refractivity contribution in [2.45, 2.75) is 26.0 Å². The molecule has 94 valence electrons. The molecule has 0 spiro atoms. The van der Waals surface area contributed by atoms with Gasteiger partial charge in [0.25, 0.3) is 0 Å². The summed E-state index contributed by atoms with van der Waals surface area (Å²) in [5.41, 5.74) is 6.38. The lowest BCUT2D eigenvalue weighted by Crippen LogP contribution is -2.43. The lowest BCUT2D eigenvalue weighted by molar-refractivity contribution is 0.0381. The number of nitrogens with two attached hydrogens (primary N) is 1. The van der Waals surface area contributed by atoms with Gasteiger partial charge in [0.1, 0.15) is 11.6 Å². The summed E-state index contributed by atoms with van der Waals surface area (Å²) in [5, 5.41) is 0. The van der Waals surface area contributed by atoms with E-state index in [-0.39, 0.29) is 11.9 Å². The fourth-order valence-corrected chi connectivity index (χ4v) is 2.07. The summed E-state index contributed by atoms with van der Waals surface area (Å²) in [6.07, 6.45) is 2.43. The van der Waals surface area contributed by atoms with Crippen molar-refractivity contribution in [3.8, 4) is 0 Å². The molecule has 1 saturated heterocycles. The summed E-state index contributed by atoms with van der Waals surface area (Å²) in [6.45, 7) is 4.65. The first kappa shape index (κ1) is 12.3. The predicted octanol–water partition coefficient (Wildman–Crippen LogP) is 1.29. The van der Waals surface area contributed by atoms with Crippen molar-refractivity contribution in [3.63, 3.8) is 0 Å². The van der Waals surface area contributed by atoms with Gasteiger partial charge >= 0.3 is 0 Å². The molecule has 1 aliphatic rings. The summed E-state index contributed by atoms with van der Waals surface area (Å²) in [7, 11) is 0. The second-order valence-electron chi connectivity index (χ2n) is 4.19. The molecule has 0 aliphatic carbocycles. The van der Waals surface area contributed by atoms with E-state index in [1.807, 2.05) is 0 Å². The number of ether oxygens (including phenoxy) is 1. The average molecular weight is 239 g/mol. The Morgan fingerprint density at radius 2 is 2.47 bits per heavy atom. The van der Waals surface area contributed by atoms with E-state index in [0.29, 0.717) is 13.2 Å². The van der Waals surface area contributed by atoms with Gasteiger partial charge in [-0.15, -0.1) is 0 Å². The van der Waals surface area contributed by atoms with E-state index in [1.54, 1.807) is 0 Å². The van der Waals surface area contributed by atoms with Gasteiger partial charge in [0.15, 0.2) is 0 Å². The van der Waals surface area contributed by atoms with Crippen molar-refractivity contribution in [1.82, 2.24) is 4.98 Å². The summed E-state index contributed by atoms with van der Waals surface area (Å²) in [4.78, 5) is 6.28. The normalized spacial score (nSPS) is 20.6. The minimum Gasteiger partial charge on any atom is -0.375 e. The van der Waals surface area contributed by atoms with Crippen LogP contribution in [0, 0.1) is 5.82 Å². The van der Waals surface area contributed by atoms with Gasteiger partial charge in [-0.25, -0.2) is 9.37 Å². The van der Waals surface area contributed by atoms with Crippen molar-refractivity contribution < 1.29 is 9.13 Å². The maximum atomic E-state index is 13.1. The van der Waals surface area contributed by atoms with E-state index in [2.05, 4.69) is 16.8 Å². The molecule has 0 bridgehead atoms. The Kier molecular flexibility index (Phi) is 3.91. The molecular formula is C12H18FN3O. The van der Waals surface area contributed by atoms with Crippen LogP contribution in [0.1, 0.15) is 18.9 Å². The molecule has 1 aromatic heterocycles. The van der Waals surface area contributed by atoms with Crippen LogP contribution in [0.5, 0.6) is 0 Å². The van der Waals surface area contributed by atoms with Gasteiger partial charge in [-0.05, 0) is 12.5 Å². The van der Waals surface area contributed by atoms with Crippen molar-refractivity contribution in [2.75, 3.05) is 24.6 Å². The number of hydrogen-bond acceptors (Lipinski definition) is 4. The minimum atomic E-state index is -0.338. The average Bonchev–Trinajstić information content (AvgIpc) is 2.38. The lowest BCUT2D eigenvalue weighted by atomic mass is 10.2. The van der Waals surface area contributed by atoms with E-state index < -0.39 is 0 Å². The largest absolute Gasteiger partial charge is 0.375 e. The Hall–Kier alpha value is -1.20. The van der Waals surface area contributed by atoms with E-state index in [9.17, 15) is 4.39 Å². The van der Waals surface area contributed by atoms with Crippen molar-refractivity contribution in [1.29, 1.82) is 0 Å². The maximum absolute atomic E-state index is 13.1. The summed E-state index contributed by atoms with van der Waals surface area (Å²) in [6, 6.07) is 1.46. The quantitative estimate of drug-likeness (QED) is 0.863. The summed E-state index contributed by atoms with van der Waals surface area (Å²) >= 11 is 0. The Labute approximate surface area is 101 Å². The Morgan fingerprint density at radius 3 is 3.18 bits per heavy atom. The highest BCUT2D eigenvalue weighted by atomic mass is 19.1. The van der Waals surface area contributed by atoms with Crippen molar-refractivity contribution >= 4 is 5.82 Å². The van der Waals surface area contributed by atoms with Crippen LogP contribution in [-0.4, -0.2) is 30.8 Å². The Morgan fingerprint density at radius 1 is 1.65 bits per heavy atom. The lowest BCUT2D eigenvalue weighted by Gasteiger charge is -2.34. The Balaban J connectivity index is 2.20. The molecule has 0 radical (unpaired) electrons. The van der Waals surface area contributed by atoms with Crippen molar-refractivity contribution in [3.05, 3.63) is 23.6 Å². The third-order valence-electron chi connectivity index (χ3n) is 3.02. The van der Waals surface area contributed by atoms with Crippen molar-refractivity contribution in [2.24, 2.45) is 5.73 Å². The van der Waals surface area contributed by atoms with E-state index >= 15 is 0 Å². The van der Waals surface area contributed by atoms with E-state index in [0.717, 1.165) is 30.9 Å². The highest BCUT2D eigenvalue weighted by Crippen LogP contribution is 2.21. The highest BCUT2D eigenvalue weighted by molar-refractivity contribution is 5.47. The minimum absolute atomic E-state index is 0.223. The van der Waals surface area contributed by atoms with Crippen LogP contribution in [0.3, 0.4) is 0 Å². The van der Waals surface area contributed by atoms with Crippen LogP contribution in [0.25, 0.3) is 0 Å². The second kappa shape index (κ2) is 5.42. The van der Waals surface area contributed by atoms with Crippen LogP contribution in [0.4, 0.5) is 10.2 Å². The molecule has 2 heterocycles. The van der Waals surface area contributed by atoms with E-state index in [4.69, 9.17) is 10.5 Å². The third kappa shape index (κ3) is 2.73. The molecule has 1 aromatic rings. The van der Waals surface area contributed by atoms with Crippen LogP contribution >= 0.6 is 0 Å². The molecule has 0 saturated carbocycles. The van der Waals surface area contributed by atoms with Gasteiger partial charge in [0.2, 0.25) is 0 Å². The number of nitrogens with zero attached hydrogens (tertiary/aromatic N) is 2. The summed E-state index contributed by atoms with van der Waals surface area (Å²) < 4.78 is 18.7. The molecule has 0 aromatic carbocycles. The number of morpholine rings is 1. The molecule has 17 heavy (non-hydrogen) atoms. The number of halogens is 1. The standard InChI is InChI=1S/C12H18FN3O/c1-2-11-8-16(3-4-17-11)12-9(6-14)5-10(13)7-15-12/h5,7,11H,2-4,6,8,14H2,1H3. The Bertz CT molecular complexity index is 386. The highest BCUT2D eigenvalue weighted by Gasteiger charge is 2.21. The zero-order valence-electron chi connectivity index (χ0n) is 10.0. The topological polar surface area (TPSA) is 51.4 Å². The fraction of sp³-hybridized carbons (Fsp3) is 0.583. The SMILES string of the molecule is CCC1CN(c2ncc(F)cc2CN)CCO1. The first-order valence-corrected chi connectivity index (χ1v) is 5.95. The molecule has 0 amide bonds. The number of anilines is 1. The maximum Gasteiger partial charge on any atom is 0.141 e. The van der Waals surface area contributed by atoms with Crippen LogP contribution < -0.4 is 10.6 Å². The van der Waals surface area contributed by atoms with Gasteiger partial charge < -0.3 is 15.4 Å². The number of aromatic nitrogens is 1. The van der Waals surface area contributed by atoms with Gasteiger partial charge in [0.05, 0.1) is 18.9 Å². The number of hydrogen-bond donors (Lipinski definition) is 1. The fourth-order valence-electron chi connectivity index (χ4n) is 2.07. The zero-order chi connectivity index (χ0) is 12.3. The predicted molar refractivity (Wildman–Crippen MR) is 64.3 cm³/mol. The molecule has 1 atom stereocenters. The van der Waals surface area contributed by atoms with Gasteiger partial charge in [-0.1, -0.05) is 6.92 Å². The molecular weight excluding hydrogens is 221 g/mol. The monoisotopic (exact) mass is 239 g/mol. The second-order valence-corrected chi connectivity index (χ2v) is 4.19. The number of pyridine rings is 1. The molecule has 1 aliphatic heterocycles. The smallest absolute Gasteiger partial charge is 0.141 e. The molecule has 4 nitrogen and oxygen atoms in total. The number of rotatable bonds is 3. The molecule has 2 rings (SSSR count). The van der Waals surface area contributed by atoms with Crippen LogP contribution in [-0.2, 0) is 11.3 Å². The zero-order valence-corrected chi connectivity index (χ0v) is 10.0. The molecule has 1 fully saturated rings. The molecule has 5 heteroatoms. The summed E-state index contributed by atoms with van der Waals surface area (Å²) in [5.74, 6) is 0.449. The van der Waals surface area contributed by atoms with Crippen LogP contribution in [0.15, 0.2) is 12.3 Å². The molecule has 2 N–H and O–H groups in total. The van der Waals surface area contributed by atoms with Gasteiger partial charge in [-0.3, -0.25) is 0 Å². The van der Waals surface area contributed by atoms with E-state index in [1.165, 1.54) is 12.3 Å². The third-order valence-corrected chi connectivity index (χ3v) is 3.02. The van der Waals surface area contributed by atoms with Crippen LogP contribution in [0.2, 0.25) is 0 Å². The van der Waals surface area contributed by atoms with Gasteiger partial charge in [-0.2, -0.15) is 0 Å². The molecule has 1 unspecified atom stereocenters. The first-order chi connectivity index (χ1) is 8.24.